The van der Waals surface area contributed by atoms with Crippen LogP contribution in [0.25, 0.3) is 10.9 Å². The number of carboxylic acids is 1. The molecule has 1 aliphatic heterocycles. The Hall–Kier alpha value is -3.79. The Balaban J connectivity index is 1.46. The normalized spacial score (nSPS) is 18.0. The van der Waals surface area contributed by atoms with Crippen LogP contribution < -0.4 is 10.3 Å². The molecule has 11 heteroatoms. The van der Waals surface area contributed by atoms with Gasteiger partial charge in [-0.05, 0) is 43.0 Å². The van der Waals surface area contributed by atoms with Gasteiger partial charge in [-0.2, -0.15) is 0 Å². The van der Waals surface area contributed by atoms with Crippen molar-refractivity contribution in [1.29, 1.82) is 0 Å². The van der Waals surface area contributed by atoms with Gasteiger partial charge in [0.1, 0.15) is 11.4 Å². The molecule has 0 amide bonds. The first-order valence-corrected chi connectivity index (χ1v) is 11.4. The van der Waals surface area contributed by atoms with Crippen LogP contribution in [0.5, 0.6) is 0 Å². The van der Waals surface area contributed by atoms with Crippen LogP contribution in [-0.2, 0) is 0 Å². The van der Waals surface area contributed by atoms with Gasteiger partial charge in [-0.15, -0.1) is 0 Å². The lowest BCUT2D eigenvalue weighted by atomic mass is 10.1. The number of carbonyl (C=O) groups is 1. The lowest BCUT2D eigenvalue weighted by Crippen LogP contribution is -2.24. The Kier molecular flexibility index (Phi) is 5.76. The molecule has 1 atom stereocenters. The molecule has 1 N–H and O–H groups in total. The van der Waals surface area contributed by atoms with Crippen LogP contribution in [0.2, 0.25) is 5.02 Å². The van der Waals surface area contributed by atoms with E-state index >= 15 is 4.39 Å². The third-order valence-electron chi connectivity index (χ3n) is 6.37. The van der Waals surface area contributed by atoms with Crippen molar-refractivity contribution in [3.63, 3.8) is 0 Å². The lowest BCUT2D eigenvalue weighted by molar-refractivity contribution is -0.384. The van der Waals surface area contributed by atoms with Crippen molar-refractivity contribution in [2.45, 2.75) is 31.3 Å². The molecule has 5 rings (SSSR count). The van der Waals surface area contributed by atoms with E-state index in [9.17, 15) is 24.8 Å². The van der Waals surface area contributed by atoms with E-state index in [-0.39, 0.29) is 33.9 Å². The molecule has 0 bridgehead atoms. The van der Waals surface area contributed by atoms with Crippen molar-refractivity contribution in [2.75, 3.05) is 18.0 Å². The molecule has 2 aliphatic rings. The number of nitro groups is 1. The van der Waals surface area contributed by atoms with Gasteiger partial charge in [0.2, 0.25) is 5.43 Å². The zero-order chi connectivity index (χ0) is 24.9. The summed E-state index contributed by atoms with van der Waals surface area (Å²) in [6, 6.07) is 6.98. The van der Waals surface area contributed by atoms with E-state index < -0.39 is 27.7 Å². The molecular formula is C24H20ClFN4O5. The van der Waals surface area contributed by atoms with Crippen molar-refractivity contribution in [2.24, 2.45) is 4.99 Å². The highest BCUT2D eigenvalue weighted by molar-refractivity contribution is 6.38. The summed E-state index contributed by atoms with van der Waals surface area (Å²) < 4.78 is 16.9. The number of nitro benzene ring substituents is 1. The molecule has 2 fully saturated rings. The highest BCUT2D eigenvalue weighted by Crippen LogP contribution is 2.42. The molecule has 2 heterocycles. The van der Waals surface area contributed by atoms with Crippen LogP contribution in [0.3, 0.4) is 0 Å². The fourth-order valence-corrected chi connectivity index (χ4v) is 4.86. The Bertz CT molecular complexity index is 1450. The summed E-state index contributed by atoms with van der Waals surface area (Å²) in [4.78, 5) is 41.0. The van der Waals surface area contributed by atoms with Crippen LogP contribution in [-0.4, -0.2) is 45.9 Å². The number of benzene rings is 2. The first-order valence-electron chi connectivity index (χ1n) is 11.1. The second-order valence-electron chi connectivity index (χ2n) is 8.75. The van der Waals surface area contributed by atoms with E-state index in [0.717, 1.165) is 18.9 Å². The highest BCUT2D eigenvalue weighted by Gasteiger charge is 2.32. The molecule has 1 aromatic heterocycles. The fraction of sp³-hybridized carbons (Fsp3) is 0.292. The molecule has 9 nitrogen and oxygen atoms in total. The largest absolute Gasteiger partial charge is 0.477 e. The Morgan fingerprint density at radius 3 is 2.60 bits per heavy atom. The number of aliphatic imine (C=N–C) groups is 1. The molecular weight excluding hydrogens is 479 g/mol. The highest BCUT2D eigenvalue weighted by atomic mass is 35.5. The van der Waals surface area contributed by atoms with Crippen molar-refractivity contribution in [3.05, 3.63) is 78.8 Å². The number of non-ortho nitro benzene ring substituents is 1. The maximum Gasteiger partial charge on any atom is 0.341 e. The van der Waals surface area contributed by atoms with E-state index in [4.69, 9.17) is 11.6 Å². The molecule has 3 aromatic rings. The van der Waals surface area contributed by atoms with E-state index in [0.29, 0.717) is 30.6 Å². The van der Waals surface area contributed by atoms with Crippen LogP contribution in [0.15, 0.2) is 46.3 Å². The molecule has 0 spiro atoms. The second kappa shape index (κ2) is 8.77. The summed E-state index contributed by atoms with van der Waals surface area (Å²) >= 11 is 6.69. The second-order valence-corrected chi connectivity index (χ2v) is 9.13. The smallest absolute Gasteiger partial charge is 0.341 e. The molecule has 1 aliphatic carbocycles. The zero-order valence-corrected chi connectivity index (χ0v) is 19.1. The zero-order valence-electron chi connectivity index (χ0n) is 18.4. The Morgan fingerprint density at radius 2 is 1.97 bits per heavy atom. The van der Waals surface area contributed by atoms with E-state index in [1.54, 1.807) is 27.8 Å². The van der Waals surface area contributed by atoms with Gasteiger partial charge in [0, 0.05) is 43.7 Å². The Labute approximate surface area is 203 Å². The number of hydrogen-bond donors (Lipinski definition) is 1. The number of halogens is 2. The summed E-state index contributed by atoms with van der Waals surface area (Å²) in [7, 11) is 0. The quantitative estimate of drug-likeness (QED) is 0.305. The lowest BCUT2D eigenvalue weighted by Gasteiger charge is -2.23. The SMILES string of the molecule is O=C(O)c1cn(C2CC2)c2c(Cl)c(N3CCC(N=Cc4ccc([N+](=O)[O-])cc4)C3)c(F)cc2c1=O. The fourth-order valence-electron chi connectivity index (χ4n) is 4.45. The predicted octanol–water partition coefficient (Wildman–Crippen LogP) is 4.43. The summed E-state index contributed by atoms with van der Waals surface area (Å²) in [5.74, 6) is -2.05. The summed E-state index contributed by atoms with van der Waals surface area (Å²) in [6.07, 6.45) is 5.23. The minimum atomic E-state index is -1.36. The van der Waals surface area contributed by atoms with E-state index in [2.05, 4.69) is 4.99 Å². The maximum atomic E-state index is 15.3. The topological polar surface area (TPSA) is 118 Å². The number of carboxylic acid groups (broad SMARTS) is 1. The van der Waals surface area contributed by atoms with Crippen LogP contribution in [0.4, 0.5) is 15.8 Å². The maximum absolute atomic E-state index is 15.3. The van der Waals surface area contributed by atoms with Gasteiger partial charge in [-0.1, -0.05) is 11.6 Å². The summed E-state index contributed by atoms with van der Waals surface area (Å²) in [6.45, 7) is 0.887. The van der Waals surface area contributed by atoms with Crippen molar-refractivity contribution in [1.82, 2.24) is 4.57 Å². The average Bonchev–Trinajstić information content (AvgIpc) is 3.56. The van der Waals surface area contributed by atoms with Crippen LogP contribution in [0.1, 0.15) is 41.2 Å². The molecule has 0 radical (unpaired) electrons. The van der Waals surface area contributed by atoms with E-state index in [1.165, 1.54) is 18.3 Å². The number of aromatic nitrogens is 1. The monoisotopic (exact) mass is 498 g/mol. The van der Waals surface area contributed by atoms with Crippen molar-refractivity contribution >= 4 is 46.1 Å². The number of hydrogen-bond acceptors (Lipinski definition) is 6. The van der Waals surface area contributed by atoms with Gasteiger partial charge >= 0.3 is 5.97 Å². The van der Waals surface area contributed by atoms with Crippen molar-refractivity contribution in [3.8, 4) is 0 Å². The molecule has 180 valence electrons. The number of pyridine rings is 1. The third-order valence-corrected chi connectivity index (χ3v) is 6.73. The summed E-state index contributed by atoms with van der Waals surface area (Å²) in [5, 5.41) is 20.3. The van der Waals surface area contributed by atoms with Gasteiger partial charge in [0.25, 0.3) is 5.69 Å². The van der Waals surface area contributed by atoms with Crippen LogP contribution in [0, 0.1) is 15.9 Å². The molecule has 1 unspecified atom stereocenters. The average molecular weight is 499 g/mol. The van der Waals surface area contributed by atoms with Gasteiger partial charge in [-0.3, -0.25) is 19.9 Å². The number of fused-ring (bicyclic) bond motifs is 1. The van der Waals surface area contributed by atoms with Gasteiger partial charge in [-0.25, -0.2) is 9.18 Å². The number of rotatable bonds is 6. The summed E-state index contributed by atoms with van der Waals surface area (Å²) in [5.41, 5.74) is 0.0584. The molecule has 2 aromatic carbocycles. The van der Waals surface area contributed by atoms with Crippen molar-refractivity contribution < 1.29 is 19.2 Å². The predicted molar refractivity (Wildman–Crippen MR) is 130 cm³/mol. The number of nitrogens with zero attached hydrogens (tertiary/aromatic N) is 4. The first kappa shape index (κ1) is 23.0. The number of aromatic carboxylic acids is 1. The number of anilines is 1. The minimum absolute atomic E-state index is 0.00392. The van der Waals surface area contributed by atoms with Gasteiger partial charge in [0.05, 0.1) is 32.6 Å². The van der Waals surface area contributed by atoms with E-state index in [1.807, 2.05) is 0 Å². The minimum Gasteiger partial charge on any atom is -0.477 e. The third kappa shape index (κ3) is 4.25. The molecule has 35 heavy (non-hydrogen) atoms. The molecule has 1 saturated carbocycles. The Morgan fingerprint density at radius 1 is 1.26 bits per heavy atom. The van der Waals surface area contributed by atoms with Gasteiger partial charge in [0.15, 0.2) is 0 Å². The van der Waals surface area contributed by atoms with Crippen LogP contribution >= 0.6 is 11.6 Å². The van der Waals surface area contributed by atoms with Gasteiger partial charge < -0.3 is 14.6 Å². The molecule has 1 saturated heterocycles. The standard InChI is InChI=1S/C24H20ClFN4O5/c25-20-21-17(23(31)18(24(32)33)12-29(21)15-5-6-15)9-19(26)22(20)28-8-7-14(11-28)27-10-13-1-3-16(4-2-13)30(34)35/h1-4,9-10,12,14-15H,5-8,11H2,(H,32,33). The first-order chi connectivity index (χ1) is 16.7.